The smallest absolute Gasteiger partial charge is 0.397 e. The highest BCUT2D eigenvalue weighted by Crippen LogP contribution is 2.27. The zero-order valence-electron chi connectivity index (χ0n) is 8.92. The summed E-state index contributed by atoms with van der Waals surface area (Å²) in [5.41, 5.74) is 7.82. The normalized spacial score (nSPS) is 12.2. The fourth-order valence-electron chi connectivity index (χ4n) is 1.50. The molecule has 0 aliphatic rings. The van der Waals surface area contributed by atoms with E-state index in [9.17, 15) is 4.79 Å². The van der Waals surface area contributed by atoms with Crippen LogP contribution in [0.1, 0.15) is 26.5 Å². The molecule has 0 aromatic carbocycles. The molecule has 5 nitrogen and oxygen atoms in total. The van der Waals surface area contributed by atoms with Crippen LogP contribution in [0.4, 0.5) is 5.69 Å². The number of nitrogens with one attached hydrogen (secondary N) is 1. The van der Waals surface area contributed by atoms with Crippen molar-refractivity contribution in [2.24, 2.45) is 0 Å². The number of nitrogens with zero attached hydrogens (tertiary/aromatic N) is 1. The molecule has 15 heavy (non-hydrogen) atoms. The number of pyridine rings is 1. The van der Waals surface area contributed by atoms with E-state index in [0.717, 1.165) is 5.69 Å². The van der Waals surface area contributed by atoms with Crippen molar-refractivity contribution in [3.05, 3.63) is 22.3 Å². The lowest BCUT2D eigenvalue weighted by Crippen LogP contribution is -2.16. The van der Waals surface area contributed by atoms with Gasteiger partial charge in [-0.25, -0.2) is 9.78 Å². The average molecular weight is 207 g/mol. The standard InChI is InChI=1S/C10H13N3O2/c1-10(2,3)7-5(11)4-6-8(13-7)15-9(14)12-6/h4H,11H2,1-3H3,(H,12,14). The minimum Gasteiger partial charge on any atom is -0.397 e. The topological polar surface area (TPSA) is 84.9 Å². The van der Waals surface area contributed by atoms with Gasteiger partial charge in [0.15, 0.2) is 0 Å². The second kappa shape index (κ2) is 2.85. The van der Waals surface area contributed by atoms with E-state index in [-0.39, 0.29) is 5.41 Å². The summed E-state index contributed by atoms with van der Waals surface area (Å²) in [6, 6.07) is 1.67. The first-order valence-electron chi connectivity index (χ1n) is 4.68. The number of oxazole rings is 1. The predicted octanol–water partition coefficient (Wildman–Crippen LogP) is 1.40. The Labute approximate surface area is 86.3 Å². The molecule has 0 fully saturated rings. The lowest BCUT2D eigenvalue weighted by Gasteiger charge is -2.18. The van der Waals surface area contributed by atoms with E-state index in [1.165, 1.54) is 0 Å². The number of H-pyrrole nitrogens is 1. The molecule has 0 spiro atoms. The molecule has 2 heterocycles. The van der Waals surface area contributed by atoms with Crippen LogP contribution in [0.2, 0.25) is 0 Å². The molecule has 0 unspecified atom stereocenters. The van der Waals surface area contributed by atoms with Crippen molar-refractivity contribution in [2.75, 3.05) is 5.73 Å². The third-order valence-corrected chi connectivity index (χ3v) is 2.15. The van der Waals surface area contributed by atoms with E-state index >= 15 is 0 Å². The van der Waals surface area contributed by atoms with Crippen molar-refractivity contribution >= 4 is 16.9 Å². The first-order chi connectivity index (χ1) is 6.88. The van der Waals surface area contributed by atoms with Gasteiger partial charge in [-0.15, -0.1) is 0 Å². The Kier molecular flexibility index (Phi) is 1.86. The molecule has 0 saturated carbocycles. The number of fused-ring (bicyclic) bond motifs is 1. The average Bonchev–Trinajstić information content (AvgIpc) is 2.40. The lowest BCUT2D eigenvalue weighted by atomic mass is 9.90. The number of nitrogen functional groups attached to an aromatic ring is 1. The third kappa shape index (κ3) is 1.60. The predicted molar refractivity (Wildman–Crippen MR) is 57.7 cm³/mol. The molecule has 0 aliphatic heterocycles. The van der Waals surface area contributed by atoms with Crippen molar-refractivity contribution in [1.82, 2.24) is 9.97 Å². The van der Waals surface area contributed by atoms with E-state index < -0.39 is 5.76 Å². The summed E-state index contributed by atoms with van der Waals surface area (Å²) >= 11 is 0. The van der Waals surface area contributed by atoms with Gasteiger partial charge >= 0.3 is 5.76 Å². The summed E-state index contributed by atoms with van der Waals surface area (Å²) in [4.78, 5) is 17.7. The Morgan fingerprint density at radius 2 is 2.13 bits per heavy atom. The van der Waals surface area contributed by atoms with E-state index in [2.05, 4.69) is 9.97 Å². The van der Waals surface area contributed by atoms with Crippen LogP contribution >= 0.6 is 0 Å². The largest absolute Gasteiger partial charge is 0.418 e. The first-order valence-corrected chi connectivity index (χ1v) is 4.68. The number of hydrogen-bond donors (Lipinski definition) is 2. The molecule has 0 atom stereocenters. The van der Waals surface area contributed by atoms with Crippen molar-refractivity contribution in [1.29, 1.82) is 0 Å². The zero-order chi connectivity index (χ0) is 11.2. The van der Waals surface area contributed by atoms with Crippen LogP contribution in [0.5, 0.6) is 0 Å². The summed E-state index contributed by atoms with van der Waals surface area (Å²) < 4.78 is 4.88. The molecule has 2 aromatic heterocycles. The fourth-order valence-corrected chi connectivity index (χ4v) is 1.50. The molecule has 3 N–H and O–H groups in total. The van der Waals surface area contributed by atoms with E-state index in [1.807, 2.05) is 20.8 Å². The molecule has 80 valence electrons. The molecule has 0 saturated heterocycles. The van der Waals surface area contributed by atoms with Gasteiger partial charge < -0.3 is 10.2 Å². The molecular formula is C10H13N3O2. The molecule has 0 amide bonds. The number of aromatic amines is 1. The number of aromatic nitrogens is 2. The second-order valence-electron chi connectivity index (χ2n) is 4.54. The molecule has 5 heteroatoms. The molecule has 0 aliphatic carbocycles. The molecule has 2 rings (SSSR count). The Balaban J connectivity index is 2.77. The third-order valence-electron chi connectivity index (χ3n) is 2.15. The van der Waals surface area contributed by atoms with Crippen LogP contribution in [-0.2, 0) is 5.41 Å². The van der Waals surface area contributed by atoms with Gasteiger partial charge in [0, 0.05) is 5.41 Å². The molecule has 0 radical (unpaired) electrons. The van der Waals surface area contributed by atoms with Gasteiger partial charge in [0.2, 0.25) is 5.71 Å². The van der Waals surface area contributed by atoms with Gasteiger partial charge in [0.1, 0.15) is 5.52 Å². The van der Waals surface area contributed by atoms with Crippen LogP contribution < -0.4 is 11.5 Å². The Morgan fingerprint density at radius 1 is 1.47 bits per heavy atom. The SMILES string of the molecule is CC(C)(C)c1nc2oc(=O)[nH]c2cc1N. The van der Waals surface area contributed by atoms with Crippen molar-refractivity contribution in [3.8, 4) is 0 Å². The number of hydrogen-bond acceptors (Lipinski definition) is 4. The zero-order valence-corrected chi connectivity index (χ0v) is 8.92. The van der Waals surface area contributed by atoms with E-state index in [4.69, 9.17) is 10.2 Å². The molecular weight excluding hydrogens is 194 g/mol. The van der Waals surface area contributed by atoms with Crippen LogP contribution in [0.25, 0.3) is 11.2 Å². The van der Waals surface area contributed by atoms with Gasteiger partial charge in [-0.1, -0.05) is 20.8 Å². The van der Waals surface area contributed by atoms with Crippen LogP contribution in [-0.4, -0.2) is 9.97 Å². The van der Waals surface area contributed by atoms with Crippen LogP contribution in [0, 0.1) is 0 Å². The summed E-state index contributed by atoms with van der Waals surface area (Å²) in [6.07, 6.45) is 0. The van der Waals surface area contributed by atoms with Crippen molar-refractivity contribution < 1.29 is 4.42 Å². The van der Waals surface area contributed by atoms with Crippen LogP contribution in [0.3, 0.4) is 0 Å². The Morgan fingerprint density at radius 3 is 2.73 bits per heavy atom. The molecule has 2 aromatic rings. The maximum Gasteiger partial charge on any atom is 0.418 e. The fraction of sp³-hybridized carbons (Fsp3) is 0.400. The first kappa shape index (κ1) is 9.76. The maximum atomic E-state index is 11.0. The van der Waals surface area contributed by atoms with Gasteiger partial charge in [-0.05, 0) is 6.07 Å². The van der Waals surface area contributed by atoms with E-state index in [0.29, 0.717) is 16.9 Å². The number of anilines is 1. The minimum atomic E-state index is -0.511. The Bertz CT molecular complexity index is 560. The highest BCUT2D eigenvalue weighted by atomic mass is 16.4. The second-order valence-corrected chi connectivity index (χ2v) is 4.54. The maximum absolute atomic E-state index is 11.0. The highest BCUT2D eigenvalue weighted by molar-refractivity contribution is 5.73. The van der Waals surface area contributed by atoms with Crippen LogP contribution in [0.15, 0.2) is 15.3 Å². The summed E-state index contributed by atoms with van der Waals surface area (Å²) in [5, 5.41) is 0. The number of rotatable bonds is 0. The minimum absolute atomic E-state index is 0.173. The Hall–Kier alpha value is -1.78. The van der Waals surface area contributed by atoms with Gasteiger partial charge in [-0.2, -0.15) is 0 Å². The van der Waals surface area contributed by atoms with Gasteiger partial charge in [0.05, 0.1) is 11.4 Å². The lowest BCUT2D eigenvalue weighted by molar-refractivity contribution is 0.530. The van der Waals surface area contributed by atoms with E-state index in [1.54, 1.807) is 6.07 Å². The van der Waals surface area contributed by atoms with Gasteiger partial charge in [-0.3, -0.25) is 4.98 Å². The molecule has 0 bridgehead atoms. The highest BCUT2D eigenvalue weighted by Gasteiger charge is 2.20. The monoisotopic (exact) mass is 207 g/mol. The summed E-state index contributed by atoms with van der Waals surface area (Å²) in [7, 11) is 0. The summed E-state index contributed by atoms with van der Waals surface area (Å²) in [5.74, 6) is -0.511. The van der Waals surface area contributed by atoms with Crippen molar-refractivity contribution in [3.63, 3.8) is 0 Å². The summed E-state index contributed by atoms with van der Waals surface area (Å²) in [6.45, 7) is 6.01. The quantitative estimate of drug-likeness (QED) is 0.683. The van der Waals surface area contributed by atoms with Gasteiger partial charge in [0.25, 0.3) is 0 Å². The number of nitrogens with two attached hydrogens (primary N) is 1. The van der Waals surface area contributed by atoms with Crippen molar-refractivity contribution in [2.45, 2.75) is 26.2 Å².